The predicted octanol–water partition coefficient (Wildman–Crippen LogP) is 2.03. The van der Waals surface area contributed by atoms with E-state index in [1.165, 1.54) is 36.4 Å². The van der Waals surface area contributed by atoms with Crippen LogP contribution >= 0.6 is 11.6 Å². The van der Waals surface area contributed by atoms with Crippen molar-refractivity contribution in [3.63, 3.8) is 0 Å². The first-order chi connectivity index (χ1) is 10.6. The van der Waals surface area contributed by atoms with Crippen LogP contribution in [0.4, 0.5) is 0 Å². The van der Waals surface area contributed by atoms with E-state index < -0.39 is 26.1 Å². The number of nitrogens with one attached hydrogen (secondary N) is 1. The molecule has 124 valence electrons. The fourth-order valence-corrected chi connectivity index (χ4v) is 4.06. The smallest absolute Gasteiger partial charge is 0.225 e. The Morgan fingerprint density at radius 3 is 2.22 bits per heavy atom. The van der Waals surface area contributed by atoms with Crippen LogP contribution in [0.3, 0.4) is 0 Å². The van der Waals surface area contributed by atoms with E-state index in [4.69, 9.17) is 16.7 Å². The maximum atomic E-state index is 12.3. The minimum Gasteiger partial charge on any atom is -0.225 e. The van der Waals surface area contributed by atoms with Crippen molar-refractivity contribution in [1.82, 2.24) is 4.72 Å². The number of sulfonamides is 2. The molecule has 0 aliphatic rings. The van der Waals surface area contributed by atoms with Crippen LogP contribution in [0, 0.1) is 0 Å². The molecule has 6 nitrogen and oxygen atoms in total. The molecule has 0 amide bonds. The van der Waals surface area contributed by atoms with Gasteiger partial charge in [-0.05, 0) is 42.8 Å². The molecule has 2 aromatic rings. The zero-order valence-corrected chi connectivity index (χ0v) is 14.5. The van der Waals surface area contributed by atoms with Gasteiger partial charge in [0.1, 0.15) is 0 Å². The van der Waals surface area contributed by atoms with Gasteiger partial charge in [-0.15, -0.1) is 0 Å². The Balaban J connectivity index is 2.30. The first kappa shape index (κ1) is 17.9. The monoisotopic (exact) mass is 374 g/mol. The van der Waals surface area contributed by atoms with Gasteiger partial charge in [-0.2, -0.15) is 0 Å². The van der Waals surface area contributed by atoms with Gasteiger partial charge >= 0.3 is 0 Å². The number of benzene rings is 2. The maximum absolute atomic E-state index is 12.3. The number of primary sulfonamides is 1. The molecular weight excluding hydrogens is 360 g/mol. The van der Waals surface area contributed by atoms with Gasteiger partial charge in [-0.1, -0.05) is 29.8 Å². The first-order valence-corrected chi connectivity index (χ1v) is 9.91. The van der Waals surface area contributed by atoms with E-state index in [0.29, 0.717) is 10.6 Å². The lowest BCUT2D eigenvalue weighted by molar-refractivity contribution is 0.566. The molecule has 0 spiro atoms. The van der Waals surface area contributed by atoms with Crippen LogP contribution in [0.5, 0.6) is 0 Å². The molecule has 0 radical (unpaired) electrons. The van der Waals surface area contributed by atoms with Gasteiger partial charge in [0.15, 0.2) is 0 Å². The van der Waals surface area contributed by atoms with E-state index in [9.17, 15) is 16.8 Å². The third-order valence-corrected chi connectivity index (χ3v) is 5.81. The third-order valence-electron chi connectivity index (χ3n) is 3.12. The standard InChI is InChI=1S/C14H15ClN2O4S2/c1-10(11-4-2-6-13(8-11)22(16,18)19)17-23(20,21)14-7-3-5-12(15)9-14/h2-10,17H,1H3,(H2,16,18,19). The Morgan fingerprint density at radius 1 is 1.00 bits per heavy atom. The lowest BCUT2D eigenvalue weighted by atomic mass is 10.1. The molecule has 2 aromatic carbocycles. The third kappa shape index (κ3) is 4.52. The Labute approximate surface area is 140 Å². The number of nitrogens with two attached hydrogens (primary N) is 1. The largest absolute Gasteiger partial charge is 0.241 e. The number of hydrogen-bond acceptors (Lipinski definition) is 4. The Bertz CT molecular complexity index is 927. The van der Waals surface area contributed by atoms with Gasteiger partial charge in [-0.25, -0.2) is 26.7 Å². The Hall–Kier alpha value is -1.45. The zero-order valence-electron chi connectivity index (χ0n) is 12.1. The molecule has 9 heteroatoms. The quantitative estimate of drug-likeness (QED) is 0.834. The van der Waals surface area contributed by atoms with E-state index in [1.54, 1.807) is 19.1 Å². The van der Waals surface area contributed by atoms with Crippen LogP contribution in [0.25, 0.3) is 0 Å². The highest BCUT2D eigenvalue weighted by molar-refractivity contribution is 7.89. The Morgan fingerprint density at radius 2 is 1.61 bits per heavy atom. The van der Waals surface area contributed by atoms with E-state index in [2.05, 4.69) is 4.72 Å². The maximum Gasteiger partial charge on any atom is 0.241 e. The van der Waals surface area contributed by atoms with Crippen LogP contribution in [-0.2, 0) is 20.0 Å². The number of halogens is 1. The van der Waals surface area contributed by atoms with Crippen molar-refractivity contribution in [1.29, 1.82) is 0 Å². The second kappa shape index (κ2) is 6.58. The summed E-state index contributed by atoms with van der Waals surface area (Å²) in [5.74, 6) is 0. The van der Waals surface area contributed by atoms with E-state index in [1.807, 2.05) is 0 Å². The lowest BCUT2D eigenvalue weighted by Crippen LogP contribution is -2.27. The number of rotatable bonds is 5. The zero-order chi connectivity index (χ0) is 17.3. The van der Waals surface area contributed by atoms with Crippen LogP contribution in [-0.4, -0.2) is 16.8 Å². The first-order valence-electron chi connectivity index (χ1n) is 6.50. The minimum atomic E-state index is -3.85. The molecule has 0 bridgehead atoms. The van der Waals surface area contributed by atoms with Gasteiger partial charge in [0.2, 0.25) is 20.0 Å². The summed E-state index contributed by atoms with van der Waals surface area (Å²) in [5.41, 5.74) is 0.474. The molecule has 23 heavy (non-hydrogen) atoms. The topological polar surface area (TPSA) is 106 Å². The minimum absolute atomic E-state index is 0.0273. The molecule has 0 saturated carbocycles. The predicted molar refractivity (Wildman–Crippen MR) is 88.0 cm³/mol. The average Bonchev–Trinajstić information content (AvgIpc) is 2.46. The van der Waals surface area contributed by atoms with E-state index in [0.717, 1.165) is 0 Å². The van der Waals surface area contributed by atoms with Crippen molar-refractivity contribution in [2.24, 2.45) is 5.14 Å². The summed E-state index contributed by atoms with van der Waals surface area (Å²) in [6, 6.07) is 11.0. The fraction of sp³-hybridized carbons (Fsp3) is 0.143. The van der Waals surface area contributed by atoms with Crippen LogP contribution < -0.4 is 9.86 Å². The Kier molecular flexibility index (Phi) is 5.12. The van der Waals surface area contributed by atoms with Crippen LogP contribution in [0.15, 0.2) is 58.3 Å². The molecule has 1 unspecified atom stereocenters. The SMILES string of the molecule is CC(NS(=O)(=O)c1cccc(Cl)c1)c1cccc(S(N)(=O)=O)c1. The molecule has 0 aromatic heterocycles. The molecule has 2 rings (SSSR count). The summed E-state index contributed by atoms with van der Waals surface area (Å²) >= 11 is 5.80. The van der Waals surface area contributed by atoms with Crippen molar-refractivity contribution in [3.05, 3.63) is 59.1 Å². The van der Waals surface area contributed by atoms with Crippen molar-refractivity contribution in [2.75, 3.05) is 0 Å². The summed E-state index contributed by atoms with van der Waals surface area (Å²) < 4.78 is 49.9. The highest BCUT2D eigenvalue weighted by Gasteiger charge is 2.19. The molecule has 0 heterocycles. The molecule has 0 saturated heterocycles. The fourth-order valence-electron chi connectivity index (χ4n) is 1.96. The van der Waals surface area contributed by atoms with Gasteiger partial charge in [-0.3, -0.25) is 0 Å². The highest BCUT2D eigenvalue weighted by Crippen LogP contribution is 2.21. The van der Waals surface area contributed by atoms with E-state index >= 15 is 0 Å². The van der Waals surface area contributed by atoms with Crippen LogP contribution in [0.2, 0.25) is 5.02 Å². The van der Waals surface area contributed by atoms with Crippen molar-refractivity contribution in [2.45, 2.75) is 22.8 Å². The highest BCUT2D eigenvalue weighted by atomic mass is 35.5. The second-order valence-electron chi connectivity index (χ2n) is 4.92. The lowest BCUT2D eigenvalue weighted by Gasteiger charge is -2.15. The molecule has 1 atom stereocenters. The summed E-state index contributed by atoms with van der Waals surface area (Å²) in [5, 5.41) is 5.38. The van der Waals surface area contributed by atoms with Gasteiger partial charge < -0.3 is 0 Å². The van der Waals surface area contributed by atoms with Crippen molar-refractivity contribution >= 4 is 31.6 Å². The molecule has 0 aliphatic carbocycles. The van der Waals surface area contributed by atoms with Crippen molar-refractivity contribution < 1.29 is 16.8 Å². The summed E-state index contributed by atoms with van der Waals surface area (Å²) in [7, 11) is -7.65. The summed E-state index contributed by atoms with van der Waals surface area (Å²) in [4.78, 5) is -0.0525. The van der Waals surface area contributed by atoms with Crippen molar-refractivity contribution in [3.8, 4) is 0 Å². The summed E-state index contributed by atoms with van der Waals surface area (Å²) in [6.45, 7) is 1.60. The average molecular weight is 375 g/mol. The van der Waals surface area contributed by atoms with Gasteiger partial charge in [0.05, 0.1) is 9.79 Å². The van der Waals surface area contributed by atoms with Gasteiger partial charge in [0.25, 0.3) is 0 Å². The normalized spacial score (nSPS) is 13.7. The second-order valence-corrected chi connectivity index (χ2v) is 8.63. The molecule has 0 aliphatic heterocycles. The molecule has 0 fully saturated rings. The molecule has 3 N–H and O–H groups in total. The molecular formula is C14H15ClN2O4S2. The van der Waals surface area contributed by atoms with Crippen LogP contribution in [0.1, 0.15) is 18.5 Å². The summed E-state index contributed by atoms with van der Waals surface area (Å²) in [6.07, 6.45) is 0. The van der Waals surface area contributed by atoms with E-state index in [-0.39, 0.29) is 9.79 Å². The number of hydrogen-bond donors (Lipinski definition) is 2. The van der Waals surface area contributed by atoms with Gasteiger partial charge in [0, 0.05) is 11.1 Å².